The standard InChI is InChI=1S/C14H20N2O3/c1-3-16(4-2)14(17)9-15-8-11-5-6-12-13(7-11)19-10-18-12/h5-7,15H,3-4,8-10H2,1-2H3. The molecule has 1 aliphatic rings. The Morgan fingerprint density at radius 3 is 2.74 bits per heavy atom. The number of nitrogens with zero attached hydrogens (tertiary/aromatic N) is 1. The van der Waals surface area contributed by atoms with Crippen molar-refractivity contribution < 1.29 is 14.3 Å². The van der Waals surface area contributed by atoms with E-state index < -0.39 is 0 Å². The summed E-state index contributed by atoms with van der Waals surface area (Å²) < 4.78 is 10.6. The Labute approximate surface area is 113 Å². The number of fused-ring (bicyclic) bond motifs is 1. The molecule has 0 radical (unpaired) electrons. The second-order valence-electron chi connectivity index (χ2n) is 4.36. The topological polar surface area (TPSA) is 50.8 Å². The van der Waals surface area contributed by atoms with Gasteiger partial charge in [-0.05, 0) is 31.5 Å². The summed E-state index contributed by atoms with van der Waals surface area (Å²) in [6.45, 7) is 6.76. The van der Waals surface area contributed by atoms with Crippen LogP contribution in [0.5, 0.6) is 11.5 Å². The number of likely N-dealkylation sites (N-methyl/N-ethyl adjacent to an activating group) is 1. The molecular weight excluding hydrogens is 244 g/mol. The fourth-order valence-corrected chi connectivity index (χ4v) is 2.05. The lowest BCUT2D eigenvalue weighted by atomic mass is 10.2. The number of ether oxygens (including phenoxy) is 2. The van der Waals surface area contributed by atoms with E-state index in [2.05, 4.69) is 5.32 Å². The lowest BCUT2D eigenvalue weighted by molar-refractivity contribution is -0.129. The summed E-state index contributed by atoms with van der Waals surface area (Å²) in [7, 11) is 0. The number of carbonyl (C=O) groups excluding carboxylic acids is 1. The number of rotatable bonds is 6. The molecule has 19 heavy (non-hydrogen) atoms. The van der Waals surface area contributed by atoms with E-state index >= 15 is 0 Å². The highest BCUT2D eigenvalue weighted by Crippen LogP contribution is 2.32. The molecule has 5 heteroatoms. The molecule has 1 amide bonds. The maximum atomic E-state index is 11.8. The molecule has 0 atom stereocenters. The Morgan fingerprint density at radius 1 is 1.26 bits per heavy atom. The number of benzene rings is 1. The van der Waals surface area contributed by atoms with Gasteiger partial charge in [-0.2, -0.15) is 0 Å². The minimum absolute atomic E-state index is 0.130. The van der Waals surface area contributed by atoms with Gasteiger partial charge in [0.15, 0.2) is 11.5 Å². The summed E-state index contributed by atoms with van der Waals surface area (Å²) in [5.41, 5.74) is 1.08. The van der Waals surface area contributed by atoms with Crippen molar-refractivity contribution in [1.82, 2.24) is 10.2 Å². The van der Waals surface area contributed by atoms with Crippen LogP contribution < -0.4 is 14.8 Å². The molecule has 1 aromatic carbocycles. The molecule has 0 saturated heterocycles. The fourth-order valence-electron chi connectivity index (χ4n) is 2.05. The van der Waals surface area contributed by atoms with Crippen molar-refractivity contribution in [1.29, 1.82) is 0 Å². The minimum Gasteiger partial charge on any atom is -0.454 e. The molecule has 0 aromatic heterocycles. The highest BCUT2D eigenvalue weighted by atomic mass is 16.7. The number of hydrogen-bond donors (Lipinski definition) is 1. The van der Waals surface area contributed by atoms with Crippen molar-refractivity contribution in [2.75, 3.05) is 26.4 Å². The Kier molecular flexibility index (Phi) is 4.63. The largest absolute Gasteiger partial charge is 0.454 e. The molecule has 1 aliphatic heterocycles. The second kappa shape index (κ2) is 6.43. The highest BCUT2D eigenvalue weighted by molar-refractivity contribution is 5.78. The van der Waals surface area contributed by atoms with E-state index in [4.69, 9.17) is 9.47 Å². The monoisotopic (exact) mass is 264 g/mol. The summed E-state index contributed by atoms with van der Waals surface area (Å²) in [5, 5.41) is 3.15. The predicted molar refractivity (Wildman–Crippen MR) is 72.2 cm³/mol. The first kappa shape index (κ1) is 13.7. The molecular formula is C14H20N2O3. The molecule has 1 aromatic rings. The SMILES string of the molecule is CCN(CC)C(=O)CNCc1ccc2c(c1)OCO2. The van der Waals surface area contributed by atoms with Crippen LogP contribution in [0.3, 0.4) is 0 Å². The Hall–Kier alpha value is -1.75. The van der Waals surface area contributed by atoms with Crippen LogP contribution >= 0.6 is 0 Å². The van der Waals surface area contributed by atoms with Crippen molar-refractivity contribution in [3.8, 4) is 11.5 Å². The third kappa shape index (κ3) is 3.38. The van der Waals surface area contributed by atoms with Crippen LogP contribution in [0.15, 0.2) is 18.2 Å². The average molecular weight is 264 g/mol. The van der Waals surface area contributed by atoms with E-state index in [1.807, 2.05) is 36.9 Å². The molecule has 1 heterocycles. The molecule has 0 bridgehead atoms. The van der Waals surface area contributed by atoms with Crippen LogP contribution in [-0.2, 0) is 11.3 Å². The minimum atomic E-state index is 0.130. The molecule has 0 saturated carbocycles. The van der Waals surface area contributed by atoms with Gasteiger partial charge >= 0.3 is 0 Å². The summed E-state index contributed by atoms with van der Waals surface area (Å²) >= 11 is 0. The first-order valence-electron chi connectivity index (χ1n) is 6.61. The first-order chi connectivity index (χ1) is 9.24. The average Bonchev–Trinajstić information content (AvgIpc) is 2.87. The molecule has 2 rings (SSSR count). The van der Waals surface area contributed by atoms with Gasteiger partial charge in [0.25, 0.3) is 0 Å². The van der Waals surface area contributed by atoms with E-state index in [0.717, 1.165) is 30.2 Å². The predicted octanol–water partition coefficient (Wildman–Crippen LogP) is 1.37. The fraction of sp³-hybridized carbons (Fsp3) is 0.500. The maximum Gasteiger partial charge on any atom is 0.236 e. The quantitative estimate of drug-likeness (QED) is 0.843. The third-order valence-electron chi connectivity index (χ3n) is 3.16. The summed E-state index contributed by atoms with van der Waals surface area (Å²) in [6.07, 6.45) is 0. The number of nitrogens with one attached hydrogen (secondary N) is 1. The molecule has 0 spiro atoms. The molecule has 1 N–H and O–H groups in total. The van der Waals surface area contributed by atoms with Gasteiger partial charge in [-0.3, -0.25) is 4.79 Å². The van der Waals surface area contributed by atoms with Gasteiger partial charge in [-0.15, -0.1) is 0 Å². The summed E-state index contributed by atoms with van der Waals surface area (Å²) in [6, 6.07) is 5.81. The Balaban J connectivity index is 1.81. The number of amides is 1. The Morgan fingerprint density at radius 2 is 2.00 bits per heavy atom. The van der Waals surface area contributed by atoms with Gasteiger partial charge in [-0.1, -0.05) is 6.07 Å². The highest BCUT2D eigenvalue weighted by Gasteiger charge is 2.13. The van der Waals surface area contributed by atoms with Crippen molar-refractivity contribution in [2.24, 2.45) is 0 Å². The van der Waals surface area contributed by atoms with E-state index in [-0.39, 0.29) is 12.7 Å². The molecule has 0 aliphatic carbocycles. The van der Waals surface area contributed by atoms with E-state index in [0.29, 0.717) is 13.1 Å². The smallest absolute Gasteiger partial charge is 0.236 e. The number of hydrogen-bond acceptors (Lipinski definition) is 4. The lowest BCUT2D eigenvalue weighted by Gasteiger charge is -2.18. The zero-order valence-corrected chi connectivity index (χ0v) is 11.4. The lowest BCUT2D eigenvalue weighted by Crippen LogP contribution is -2.37. The van der Waals surface area contributed by atoms with Crippen LogP contribution in [0.4, 0.5) is 0 Å². The molecule has 0 fully saturated rings. The van der Waals surface area contributed by atoms with Gasteiger partial charge in [0.1, 0.15) is 0 Å². The van der Waals surface area contributed by atoms with Crippen molar-refractivity contribution in [3.63, 3.8) is 0 Å². The van der Waals surface area contributed by atoms with Crippen LogP contribution in [0.2, 0.25) is 0 Å². The van der Waals surface area contributed by atoms with Crippen molar-refractivity contribution in [3.05, 3.63) is 23.8 Å². The van der Waals surface area contributed by atoms with Gasteiger partial charge < -0.3 is 19.7 Å². The maximum absolute atomic E-state index is 11.8. The second-order valence-corrected chi connectivity index (χ2v) is 4.36. The molecule has 0 unspecified atom stereocenters. The van der Waals surface area contributed by atoms with E-state index in [1.54, 1.807) is 0 Å². The van der Waals surface area contributed by atoms with Crippen LogP contribution in [0, 0.1) is 0 Å². The first-order valence-corrected chi connectivity index (χ1v) is 6.61. The van der Waals surface area contributed by atoms with Gasteiger partial charge in [0.05, 0.1) is 6.54 Å². The normalized spacial score (nSPS) is 12.5. The molecule has 5 nitrogen and oxygen atoms in total. The van der Waals surface area contributed by atoms with Gasteiger partial charge in [0, 0.05) is 19.6 Å². The van der Waals surface area contributed by atoms with E-state index in [1.165, 1.54) is 0 Å². The van der Waals surface area contributed by atoms with Gasteiger partial charge in [0.2, 0.25) is 12.7 Å². The van der Waals surface area contributed by atoms with Crippen LogP contribution in [-0.4, -0.2) is 37.2 Å². The molecule has 104 valence electrons. The van der Waals surface area contributed by atoms with Crippen molar-refractivity contribution in [2.45, 2.75) is 20.4 Å². The Bertz CT molecular complexity index is 444. The van der Waals surface area contributed by atoms with Crippen LogP contribution in [0.1, 0.15) is 19.4 Å². The zero-order chi connectivity index (χ0) is 13.7. The van der Waals surface area contributed by atoms with E-state index in [9.17, 15) is 4.79 Å². The zero-order valence-electron chi connectivity index (χ0n) is 11.4. The number of carbonyl (C=O) groups is 1. The van der Waals surface area contributed by atoms with Gasteiger partial charge in [-0.25, -0.2) is 0 Å². The summed E-state index contributed by atoms with van der Waals surface area (Å²) in [5.74, 6) is 1.68. The summed E-state index contributed by atoms with van der Waals surface area (Å²) in [4.78, 5) is 13.6. The van der Waals surface area contributed by atoms with Crippen molar-refractivity contribution >= 4 is 5.91 Å². The third-order valence-corrected chi connectivity index (χ3v) is 3.16. The van der Waals surface area contributed by atoms with Crippen LogP contribution in [0.25, 0.3) is 0 Å².